The number of nitrogens with zero attached hydrogens (tertiary/aromatic N) is 1. The summed E-state index contributed by atoms with van der Waals surface area (Å²) in [5.41, 5.74) is -0.835. The van der Waals surface area contributed by atoms with E-state index in [1.807, 2.05) is 13.8 Å². The third-order valence-corrected chi connectivity index (χ3v) is 11.6. The fourth-order valence-electron chi connectivity index (χ4n) is 7.49. The zero-order chi connectivity index (χ0) is 40.2. The molecule has 0 aromatic heterocycles. The lowest BCUT2D eigenvalue weighted by molar-refractivity contribution is -0.161. The van der Waals surface area contributed by atoms with Crippen LogP contribution in [0.3, 0.4) is 0 Å². The third-order valence-electron chi connectivity index (χ3n) is 11.6. The van der Waals surface area contributed by atoms with Crippen molar-refractivity contribution in [2.24, 2.45) is 10.8 Å². The van der Waals surface area contributed by atoms with E-state index in [1.54, 1.807) is 0 Å². The van der Waals surface area contributed by atoms with E-state index in [2.05, 4.69) is 39.5 Å². The first-order valence-electron chi connectivity index (χ1n) is 23.8. The standard InChI is InChI=1S/C48H95NO5/c1-8-11-14-17-21-28-35-44(36-29-22-18-15-12-9-2)54-46(52)48(6,7)38-31-24-26-33-40-49(41-42-50)39-32-25-20-23-30-37-47(4,5)45(51)53-43-34-27-19-16-13-10-3/h44,50H,8-43H2,1-7H3. The van der Waals surface area contributed by atoms with Crippen molar-refractivity contribution < 1.29 is 24.2 Å². The summed E-state index contributed by atoms with van der Waals surface area (Å²) in [7, 11) is 0. The molecule has 0 radical (unpaired) electrons. The second-order valence-corrected chi connectivity index (χ2v) is 18.1. The van der Waals surface area contributed by atoms with Crippen LogP contribution in [0.4, 0.5) is 0 Å². The quantitative estimate of drug-likeness (QED) is 0.0493. The number of carbonyl (C=O) groups is 2. The summed E-state index contributed by atoms with van der Waals surface area (Å²) in [6, 6.07) is 0. The predicted octanol–water partition coefficient (Wildman–Crippen LogP) is 13.9. The maximum absolute atomic E-state index is 13.4. The Balaban J connectivity index is 4.30. The number of aliphatic hydroxyl groups excluding tert-OH is 1. The number of ether oxygens (including phenoxy) is 2. The second-order valence-electron chi connectivity index (χ2n) is 18.1. The van der Waals surface area contributed by atoms with Crippen molar-refractivity contribution in [2.45, 2.75) is 254 Å². The van der Waals surface area contributed by atoms with Crippen LogP contribution in [0.5, 0.6) is 0 Å². The van der Waals surface area contributed by atoms with Crippen molar-refractivity contribution in [3.8, 4) is 0 Å². The highest BCUT2D eigenvalue weighted by atomic mass is 16.5. The van der Waals surface area contributed by atoms with Gasteiger partial charge in [-0.1, -0.05) is 162 Å². The second kappa shape index (κ2) is 36.2. The monoisotopic (exact) mass is 766 g/mol. The van der Waals surface area contributed by atoms with Crippen molar-refractivity contribution in [1.29, 1.82) is 0 Å². The number of rotatable bonds is 41. The molecule has 0 aromatic carbocycles. The lowest BCUT2D eigenvalue weighted by Gasteiger charge is -2.27. The zero-order valence-corrected chi connectivity index (χ0v) is 37.6. The summed E-state index contributed by atoms with van der Waals surface area (Å²) in [4.78, 5) is 28.4. The summed E-state index contributed by atoms with van der Waals surface area (Å²) in [6.45, 7) is 18.6. The average Bonchev–Trinajstić information content (AvgIpc) is 3.14. The zero-order valence-electron chi connectivity index (χ0n) is 37.6. The normalized spacial score (nSPS) is 12.3. The van der Waals surface area contributed by atoms with Gasteiger partial charge < -0.3 is 19.5 Å². The van der Waals surface area contributed by atoms with Gasteiger partial charge in [-0.3, -0.25) is 9.59 Å². The van der Waals surface area contributed by atoms with Crippen molar-refractivity contribution in [1.82, 2.24) is 4.90 Å². The molecule has 0 spiro atoms. The van der Waals surface area contributed by atoms with Crippen LogP contribution in [0.2, 0.25) is 0 Å². The van der Waals surface area contributed by atoms with Crippen molar-refractivity contribution >= 4 is 11.9 Å². The van der Waals surface area contributed by atoms with Crippen molar-refractivity contribution in [3.63, 3.8) is 0 Å². The first kappa shape index (κ1) is 52.9. The molecule has 0 saturated carbocycles. The Bertz CT molecular complexity index is 827. The van der Waals surface area contributed by atoms with Gasteiger partial charge in [0, 0.05) is 6.54 Å². The van der Waals surface area contributed by atoms with Crippen LogP contribution in [-0.4, -0.2) is 60.9 Å². The van der Waals surface area contributed by atoms with Crippen LogP contribution in [0.25, 0.3) is 0 Å². The van der Waals surface area contributed by atoms with Gasteiger partial charge in [0.15, 0.2) is 0 Å². The summed E-state index contributed by atoms with van der Waals surface area (Å²) in [5.74, 6) is -0.0353. The van der Waals surface area contributed by atoms with E-state index in [9.17, 15) is 14.7 Å². The maximum Gasteiger partial charge on any atom is 0.311 e. The molecule has 0 rings (SSSR count). The SMILES string of the molecule is CCCCCCCCOC(=O)C(C)(C)CCCCCCCN(CCO)CCCCCCC(C)(C)C(=O)OC(CCCCCCCC)CCCCCCCC. The first-order chi connectivity index (χ1) is 26.0. The van der Waals surface area contributed by atoms with Crippen LogP contribution in [0.15, 0.2) is 0 Å². The van der Waals surface area contributed by atoms with E-state index in [1.165, 1.54) is 116 Å². The minimum atomic E-state index is -0.435. The molecule has 0 heterocycles. The highest BCUT2D eigenvalue weighted by Crippen LogP contribution is 2.29. The van der Waals surface area contributed by atoms with Crippen LogP contribution >= 0.6 is 0 Å². The Morgan fingerprint density at radius 3 is 1.30 bits per heavy atom. The summed E-state index contributed by atoms with van der Waals surface area (Å²) in [5, 5.41) is 9.65. The fraction of sp³-hybridized carbons (Fsp3) is 0.958. The molecule has 0 atom stereocenters. The minimum Gasteiger partial charge on any atom is -0.465 e. The Morgan fingerprint density at radius 2 is 0.852 bits per heavy atom. The van der Waals surface area contributed by atoms with Crippen molar-refractivity contribution in [2.75, 3.05) is 32.8 Å². The van der Waals surface area contributed by atoms with Crippen LogP contribution in [-0.2, 0) is 19.1 Å². The lowest BCUT2D eigenvalue weighted by atomic mass is 9.86. The summed E-state index contributed by atoms with van der Waals surface area (Å²) < 4.78 is 11.8. The van der Waals surface area contributed by atoms with Crippen LogP contribution in [0.1, 0.15) is 248 Å². The van der Waals surface area contributed by atoms with Gasteiger partial charge in [-0.25, -0.2) is 0 Å². The van der Waals surface area contributed by atoms with E-state index >= 15 is 0 Å². The van der Waals surface area contributed by atoms with E-state index < -0.39 is 10.8 Å². The molecule has 322 valence electrons. The number of carbonyl (C=O) groups excluding carboxylic acids is 2. The van der Waals surface area contributed by atoms with E-state index in [-0.39, 0.29) is 24.6 Å². The predicted molar refractivity (Wildman–Crippen MR) is 232 cm³/mol. The summed E-state index contributed by atoms with van der Waals surface area (Å²) >= 11 is 0. The van der Waals surface area contributed by atoms with Gasteiger partial charge in [0.25, 0.3) is 0 Å². The molecule has 0 aromatic rings. The summed E-state index contributed by atoms with van der Waals surface area (Å²) in [6.07, 6.45) is 36.6. The number of hydrogen-bond acceptors (Lipinski definition) is 6. The Morgan fingerprint density at radius 1 is 0.481 bits per heavy atom. The molecule has 0 aliphatic rings. The molecule has 0 aliphatic heterocycles. The van der Waals surface area contributed by atoms with Gasteiger partial charge in [0.05, 0.1) is 24.0 Å². The maximum atomic E-state index is 13.4. The van der Waals surface area contributed by atoms with Crippen LogP contribution < -0.4 is 0 Å². The van der Waals surface area contributed by atoms with Gasteiger partial charge in [0.2, 0.25) is 0 Å². The Kier molecular flexibility index (Phi) is 35.5. The molecule has 0 amide bonds. The number of esters is 2. The third kappa shape index (κ3) is 31.0. The van der Waals surface area contributed by atoms with Gasteiger partial charge >= 0.3 is 11.9 Å². The van der Waals surface area contributed by atoms with E-state index in [0.717, 1.165) is 103 Å². The molecular weight excluding hydrogens is 671 g/mol. The Labute approximate surface area is 337 Å². The molecule has 1 N–H and O–H groups in total. The number of hydrogen-bond donors (Lipinski definition) is 1. The molecule has 0 saturated heterocycles. The number of aliphatic hydroxyl groups is 1. The largest absolute Gasteiger partial charge is 0.465 e. The molecule has 6 heteroatoms. The van der Waals surface area contributed by atoms with Gasteiger partial charge in [0.1, 0.15) is 6.10 Å². The van der Waals surface area contributed by atoms with Crippen molar-refractivity contribution in [3.05, 3.63) is 0 Å². The van der Waals surface area contributed by atoms with Gasteiger partial charge in [-0.15, -0.1) is 0 Å². The molecule has 0 aliphatic carbocycles. The van der Waals surface area contributed by atoms with E-state index in [4.69, 9.17) is 9.47 Å². The van der Waals surface area contributed by atoms with Gasteiger partial charge in [-0.05, 0) is 98.6 Å². The molecule has 6 nitrogen and oxygen atoms in total. The minimum absolute atomic E-state index is 0.00334. The van der Waals surface area contributed by atoms with Gasteiger partial charge in [-0.2, -0.15) is 0 Å². The highest BCUT2D eigenvalue weighted by Gasteiger charge is 2.31. The molecule has 54 heavy (non-hydrogen) atoms. The number of unbranched alkanes of at least 4 members (excludes halogenated alkanes) is 22. The molecule has 0 fully saturated rings. The molecule has 0 bridgehead atoms. The lowest BCUT2D eigenvalue weighted by Crippen LogP contribution is -2.31. The highest BCUT2D eigenvalue weighted by molar-refractivity contribution is 5.76. The van der Waals surface area contributed by atoms with E-state index in [0.29, 0.717) is 6.61 Å². The topological polar surface area (TPSA) is 76.1 Å². The smallest absolute Gasteiger partial charge is 0.311 e. The molecule has 0 unspecified atom stereocenters. The molecular formula is C48H95NO5. The first-order valence-corrected chi connectivity index (χ1v) is 23.8. The fourth-order valence-corrected chi connectivity index (χ4v) is 7.49. The van der Waals surface area contributed by atoms with Crippen LogP contribution in [0, 0.1) is 10.8 Å². The average molecular weight is 766 g/mol. The Hall–Kier alpha value is -1.14.